The molecule has 0 saturated carbocycles. The van der Waals surface area contributed by atoms with Gasteiger partial charge in [0.1, 0.15) is 6.54 Å². The Bertz CT molecular complexity index is 1330. The van der Waals surface area contributed by atoms with Crippen molar-refractivity contribution in [1.29, 1.82) is 0 Å². The summed E-state index contributed by atoms with van der Waals surface area (Å²) >= 11 is 0. The van der Waals surface area contributed by atoms with E-state index in [9.17, 15) is 14.4 Å². The lowest BCUT2D eigenvalue weighted by Crippen LogP contribution is -2.42. The molecular weight excluding hydrogens is 436 g/mol. The molecule has 4 aromatic rings. The number of nitrogens with one attached hydrogen (secondary N) is 1. The van der Waals surface area contributed by atoms with Crippen LogP contribution >= 0.6 is 0 Å². The van der Waals surface area contributed by atoms with E-state index in [4.69, 9.17) is 0 Å². The Morgan fingerprint density at radius 1 is 0.657 bits per heavy atom. The van der Waals surface area contributed by atoms with Gasteiger partial charge in [-0.1, -0.05) is 97.1 Å². The van der Waals surface area contributed by atoms with Crippen molar-refractivity contribution < 1.29 is 14.4 Å². The Morgan fingerprint density at radius 3 is 1.77 bits per heavy atom. The largest absolute Gasteiger partial charge is 0.347 e. The highest BCUT2D eigenvalue weighted by atomic mass is 16.2. The number of amides is 3. The second-order valence-electron chi connectivity index (χ2n) is 8.54. The van der Waals surface area contributed by atoms with Gasteiger partial charge in [-0.25, -0.2) is 0 Å². The van der Waals surface area contributed by atoms with Crippen molar-refractivity contribution in [3.63, 3.8) is 0 Å². The third-order valence-electron chi connectivity index (χ3n) is 6.22. The fourth-order valence-corrected chi connectivity index (χ4v) is 4.41. The van der Waals surface area contributed by atoms with E-state index in [0.717, 1.165) is 27.2 Å². The Morgan fingerprint density at radius 2 is 1.17 bits per heavy atom. The smallest absolute Gasteiger partial charge is 0.262 e. The van der Waals surface area contributed by atoms with Gasteiger partial charge in [0.2, 0.25) is 5.91 Å². The molecular formula is C30H24N2O3. The normalized spacial score (nSPS) is 13.4. The van der Waals surface area contributed by atoms with Crippen LogP contribution < -0.4 is 5.32 Å². The molecule has 1 unspecified atom stereocenters. The van der Waals surface area contributed by atoms with Crippen LogP contribution in [0.25, 0.3) is 11.1 Å². The Labute approximate surface area is 204 Å². The predicted octanol–water partition coefficient (Wildman–Crippen LogP) is 5.05. The van der Waals surface area contributed by atoms with E-state index >= 15 is 0 Å². The molecule has 1 N–H and O–H groups in total. The molecule has 1 heterocycles. The molecule has 1 aliphatic heterocycles. The van der Waals surface area contributed by atoms with Gasteiger partial charge in [-0.15, -0.1) is 0 Å². The van der Waals surface area contributed by atoms with Gasteiger partial charge >= 0.3 is 0 Å². The van der Waals surface area contributed by atoms with Crippen molar-refractivity contribution in [3.05, 3.63) is 131 Å². The van der Waals surface area contributed by atoms with E-state index < -0.39 is 11.8 Å². The first-order valence-corrected chi connectivity index (χ1v) is 11.5. The number of imide groups is 1. The van der Waals surface area contributed by atoms with E-state index in [1.807, 2.05) is 72.8 Å². The quantitative estimate of drug-likeness (QED) is 0.393. The van der Waals surface area contributed by atoms with Crippen molar-refractivity contribution in [2.75, 3.05) is 6.54 Å². The maximum absolute atomic E-state index is 13.0. The summed E-state index contributed by atoms with van der Waals surface area (Å²) in [5, 5.41) is 3.05. The number of nitrogens with zero attached hydrogens (tertiary/aromatic N) is 1. The first-order valence-electron chi connectivity index (χ1n) is 11.5. The monoisotopic (exact) mass is 460 g/mol. The minimum Gasteiger partial charge on any atom is -0.347 e. The summed E-state index contributed by atoms with van der Waals surface area (Å²) < 4.78 is 0. The van der Waals surface area contributed by atoms with Crippen LogP contribution in [0.3, 0.4) is 0 Å². The van der Waals surface area contributed by atoms with E-state index in [2.05, 4.69) is 17.4 Å². The minimum atomic E-state index is -0.437. The molecule has 5 nitrogen and oxygen atoms in total. The molecule has 0 fully saturated rings. The van der Waals surface area contributed by atoms with Crippen LogP contribution in [0.4, 0.5) is 0 Å². The topological polar surface area (TPSA) is 66.5 Å². The lowest BCUT2D eigenvalue weighted by atomic mass is 9.96. The maximum Gasteiger partial charge on any atom is 0.262 e. The Balaban J connectivity index is 1.35. The summed E-state index contributed by atoms with van der Waals surface area (Å²) in [5.74, 6) is -1.26. The third-order valence-corrected chi connectivity index (χ3v) is 6.22. The summed E-state index contributed by atoms with van der Waals surface area (Å²) in [6, 6.07) is 34.4. The van der Waals surface area contributed by atoms with Crippen molar-refractivity contribution in [2.24, 2.45) is 0 Å². The summed E-state index contributed by atoms with van der Waals surface area (Å²) in [6.45, 7) is -0.320. The van der Waals surface area contributed by atoms with Crippen molar-refractivity contribution in [2.45, 2.75) is 12.5 Å². The number of carbonyl (C=O) groups is 3. The molecule has 5 rings (SSSR count). The highest BCUT2D eigenvalue weighted by Gasteiger charge is 2.36. The Kier molecular flexibility index (Phi) is 6.22. The third kappa shape index (κ3) is 4.75. The number of carbonyl (C=O) groups excluding carboxylic acids is 3. The van der Waals surface area contributed by atoms with E-state index in [1.165, 1.54) is 0 Å². The molecule has 0 aliphatic carbocycles. The summed E-state index contributed by atoms with van der Waals surface area (Å²) in [6.07, 6.45) is 0.583. The summed E-state index contributed by atoms with van der Waals surface area (Å²) in [7, 11) is 0. The molecule has 3 amide bonds. The molecule has 0 radical (unpaired) electrons. The summed E-state index contributed by atoms with van der Waals surface area (Å²) in [5.41, 5.74) is 4.90. The lowest BCUT2D eigenvalue weighted by molar-refractivity contribution is -0.122. The molecule has 1 aliphatic rings. The zero-order valence-electron chi connectivity index (χ0n) is 19.1. The van der Waals surface area contributed by atoms with E-state index in [1.54, 1.807) is 24.3 Å². The van der Waals surface area contributed by atoms with Crippen LogP contribution in [0.1, 0.15) is 37.9 Å². The zero-order valence-corrected chi connectivity index (χ0v) is 19.1. The Hall–Kier alpha value is -4.51. The lowest BCUT2D eigenvalue weighted by Gasteiger charge is -2.22. The molecule has 0 spiro atoms. The van der Waals surface area contributed by atoms with Crippen LogP contribution in [0, 0.1) is 0 Å². The van der Waals surface area contributed by atoms with Gasteiger partial charge in [0.15, 0.2) is 0 Å². The maximum atomic E-state index is 13.0. The summed E-state index contributed by atoms with van der Waals surface area (Å²) in [4.78, 5) is 39.4. The van der Waals surface area contributed by atoms with Crippen LogP contribution in [0.5, 0.6) is 0 Å². The number of hydrogen-bond donors (Lipinski definition) is 1. The fraction of sp³-hybridized carbons (Fsp3) is 0.100. The van der Waals surface area contributed by atoms with Crippen LogP contribution in [-0.2, 0) is 11.2 Å². The highest BCUT2D eigenvalue weighted by Crippen LogP contribution is 2.25. The zero-order chi connectivity index (χ0) is 24.2. The molecule has 1 atom stereocenters. The highest BCUT2D eigenvalue weighted by molar-refractivity contribution is 6.22. The van der Waals surface area contributed by atoms with Gasteiger partial charge < -0.3 is 5.32 Å². The van der Waals surface area contributed by atoms with Crippen molar-refractivity contribution in [1.82, 2.24) is 10.2 Å². The van der Waals surface area contributed by atoms with Gasteiger partial charge in [-0.05, 0) is 40.8 Å². The second kappa shape index (κ2) is 9.77. The molecule has 35 heavy (non-hydrogen) atoms. The first-order chi connectivity index (χ1) is 17.1. The molecule has 0 saturated heterocycles. The van der Waals surface area contributed by atoms with Crippen molar-refractivity contribution in [3.8, 4) is 11.1 Å². The minimum absolute atomic E-state index is 0.315. The number of rotatable bonds is 7. The van der Waals surface area contributed by atoms with Gasteiger partial charge in [-0.3, -0.25) is 19.3 Å². The molecule has 0 aromatic heterocycles. The molecule has 0 bridgehead atoms. The average molecular weight is 461 g/mol. The number of fused-ring (bicyclic) bond motifs is 1. The molecule has 172 valence electrons. The SMILES string of the molecule is O=C(CN1C(=O)c2ccccc2C1=O)NC(Cc1ccccc1)c1ccc(-c2ccccc2)cc1. The van der Waals surface area contributed by atoms with Crippen LogP contribution in [0.2, 0.25) is 0 Å². The van der Waals surface area contributed by atoms with E-state index in [0.29, 0.717) is 17.5 Å². The number of benzene rings is 4. The van der Waals surface area contributed by atoms with Gasteiger partial charge in [0, 0.05) is 0 Å². The molecule has 5 heteroatoms. The predicted molar refractivity (Wildman–Crippen MR) is 135 cm³/mol. The number of hydrogen-bond acceptors (Lipinski definition) is 3. The van der Waals surface area contributed by atoms with Crippen LogP contribution in [0.15, 0.2) is 109 Å². The van der Waals surface area contributed by atoms with Gasteiger partial charge in [0.25, 0.3) is 11.8 Å². The van der Waals surface area contributed by atoms with Crippen LogP contribution in [-0.4, -0.2) is 29.2 Å². The van der Waals surface area contributed by atoms with Crippen molar-refractivity contribution >= 4 is 17.7 Å². The first kappa shape index (κ1) is 22.3. The standard InChI is InChI=1S/C30H24N2O3/c33-28(20-32-29(34)25-13-7-8-14-26(25)30(32)35)31-27(19-21-9-3-1-4-10-21)24-17-15-23(16-18-24)22-11-5-2-6-12-22/h1-18,27H,19-20H2,(H,31,33). The van der Waals surface area contributed by atoms with Gasteiger partial charge in [-0.2, -0.15) is 0 Å². The average Bonchev–Trinajstić information content (AvgIpc) is 3.14. The van der Waals surface area contributed by atoms with Gasteiger partial charge in [0.05, 0.1) is 17.2 Å². The second-order valence-corrected chi connectivity index (χ2v) is 8.54. The molecule has 4 aromatic carbocycles. The fourth-order valence-electron chi connectivity index (χ4n) is 4.41. The van der Waals surface area contributed by atoms with E-state index in [-0.39, 0.29) is 18.5 Å².